The number of hydrogen-bond donors (Lipinski definition) is 2. The average molecular weight is 423 g/mol. The molecule has 24 heavy (non-hydrogen) atoms. The standard InChI is InChI=1S/C14H7BrF4N2O2S/c15-8-9(16)11(18)13(12(19)10(8)17)21-14(24)20-5-1-2-6-7(3-5)23-4-22-6/h1-3H,4H2,(H2,20,21,24). The molecule has 2 N–H and O–H groups in total. The van der Waals surface area contributed by atoms with Crippen molar-refractivity contribution in [3.8, 4) is 11.5 Å². The summed E-state index contributed by atoms with van der Waals surface area (Å²) in [6, 6.07) is 4.73. The average Bonchev–Trinajstić information content (AvgIpc) is 3.03. The number of thiocarbonyl (C=S) groups is 1. The maximum Gasteiger partial charge on any atom is 0.231 e. The highest BCUT2D eigenvalue weighted by atomic mass is 79.9. The molecule has 0 bridgehead atoms. The number of rotatable bonds is 2. The van der Waals surface area contributed by atoms with E-state index in [0.29, 0.717) is 17.2 Å². The van der Waals surface area contributed by atoms with E-state index in [1.807, 2.05) is 0 Å². The first kappa shape index (κ1) is 16.8. The van der Waals surface area contributed by atoms with E-state index in [0.717, 1.165) is 0 Å². The third-order valence-corrected chi connectivity index (χ3v) is 3.98. The molecule has 1 aliphatic rings. The summed E-state index contributed by atoms with van der Waals surface area (Å²) in [6.07, 6.45) is 0. The van der Waals surface area contributed by atoms with Crippen LogP contribution in [0.25, 0.3) is 0 Å². The van der Waals surface area contributed by atoms with Crippen LogP contribution in [0.15, 0.2) is 22.7 Å². The molecule has 0 saturated heterocycles. The zero-order valence-electron chi connectivity index (χ0n) is 11.6. The fraction of sp³-hybridized carbons (Fsp3) is 0.0714. The molecule has 3 rings (SSSR count). The summed E-state index contributed by atoms with van der Waals surface area (Å²) in [5, 5.41) is 4.45. The van der Waals surface area contributed by atoms with Crippen molar-refractivity contribution in [3.63, 3.8) is 0 Å². The summed E-state index contributed by atoms with van der Waals surface area (Å²) in [4.78, 5) is 0. The van der Waals surface area contributed by atoms with Crippen LogP contribution in [0.3, 0.4) is 0 Å². The fourth-order valence-electron chi connectivity index (χ4n) is 1.96. The second-order valence-electron chi connectivity index (χ2n) is 4.59. The van der Waals surface area contributed by atoms with Gasteiger partial charge in [0.25, 0.3) is 0 Å². The molecular formula is C14H7BrF4N2O2S. The second-order valence-corrected chi connectivity index (χ2v) is 5.79. The number of hydrogen-bond acceptors (Lipinski definition) is 3. The Kier molecular flexibility index (Phi) is 4.50. The van der Waals surface area contributed by atoms with Crippen molar-refractivity contribution >= 4 is 44.6 Å². The maximum atomic E-state index is 13.8. The Morgan fingerprint density at radius 3 is 2.25 bits per heavy atom. The summed E-state index contributed by atoms with van der Waals surface area (Å²) in [5.41, 5.74) is -0.609. The van der Waals surface area contributed by atoms with Crippen molar-refractivity contribution in [2.75, 3.05) is 17.4 Å². The topological polar surface area (TPSA) is 42.5 Å². The number of ether oxygens (including phenoxy) is 2. The maximum absolute atomic E-state index is 13.8. The summed E-state index contributed by atoms with van der Waals surface area (Å²) in [7, 11) is 0. The highest BCUT2D eigenvalue weighted by Gasteiger charge is 2.24. The van der Waals surface area contributed by atoms with Gasteiger partial charge in [0, 0.05) is 11.8 Å². The van der Waals surface area contributed by atoms with E-state index < -0.39 is 33.4 Å². The zero-order chi connectivity index (χ0) is 17.4. The van der Waals surface area contributed by atoms with Crippen LogP contribution in [0.5, 0.6) is 11.5 Å². The predicted molar refractivity (Wildman–Crippen MR) is 86.4 cm³/mol. The Balaban J connectivity index is 1.81. The number of halogens is 5. The Hall–Kier alpha value is -2.07. The molecule has 0 atom stereocenters. The first-order valence-electron chi connectivity index (χ1n) is 6.37. The monoisotopic (exact) mass is 422 g/mol. The van der Waals surface area contributed by atoms with Crippen LogP contribution in [0.2, 0.25) is 0 Å². The molecule has 1 heterocycles. The molecule has 126 valence electrons. The van der Waals surface area contributed by atoms with Gasteiger partial charge in [-0.15, -0.1) is 0 Å². The van der Waals surface area contributed by atoms with Gasteiger partial charge in [-0.25, -0.2) is 17.6 Å². The fourth-order valence-corrected chi connectivity index (χ4v) is 2.53. The quantitative estimate of drug-likeness (QED) is 0.321. The first-order valence-corrected chi connectivity index (χ1v) is 7.57. The molecule has 0 spiro atoms. The minimum Gasteiger partial charge on any atom is -0.454 e. The van der Waals surface area contributed by atoms with Crippen molar-refractivity contribution < 1.29 is 27.0 Å². The van der Waals surface area contributed by atoms with E-state index >= 15 is 0 Å². The summed E-state index contributed by atoms with van der Waals surface area (Å²) < 4.78 is 63.9. The van der Waals surface area contributed by atoms with Crippen molar-refractivity contribution in [2.45, 2.75) is 0 Å². The number of nitrogens with one attached hydrogen (secondary N) is 2. The lowest BCUT2D eigenvalue weighted by Crippen LogP contribution is -2.21. The second kappa shape index (κ2) is 6.44. The van der Waals surface area contributed by atoms with Gasteiger partial charge in [-0.1, -0.05) is 0 Å². The van der Waals surface area contributed by atoms with Crippen molar-refractivity contribution in [1.82, 2.24) is 0 Å². The lowest BCUT2D eigenvalue weighted by Gasteiger charge is -2.13. The van der Waals surface area contributed by atoms with Gasteiger partial charge in [-0.2, -0.15) is 0 Å². The van der Waals surface area contributed by atoms with Crippen LogP contribution < -0.4 is 20.1 Å². The Bertz CT molecular complexity index is 821. The van der Waals surface area contributed by atoms with E-state index in [1.165, 1.54) is 0 Å². The van der Waals surface area contributed by atoms with Gasteiger partial charge >= 0.3 is 0 Å². The van der Waals surface area contributed by atoms with Crippen molar-refractivity contribution in [1.29, 1.82) is 0 Å². The van der Waals surface area contributed by atoms with E-state index in [2.05, 4.69) is 26.6 Å². The molecule has 0 saturated carbocycles. The summed E-state index contributed by atoms with van der Waals surface area (Å²) >= 11 is 7.33. The Morgan fingerprint density at radius 1 is 0.958 bits per heavy atom. The van der Waals surface area contributed by atoms with Crippen LogP contribution in [-0.2, 0) is 0 Å². The van der Waals surface area contributed by atoms with Gasteiger partial charge in [0.1, 0.15) is 5.69 Å². The third kappa shape index (κ3) is 2.98. The largest absolute Gasteiger partial charge is 0.454 e. The highest BCUT2D eigenvalue weighted by molar-refractivity contribution is 9.10. The van der Waals surface area contributed by atoms with Crippen molar-refractivity contribution in [2.24, 2.45) is 0 Å². The Morgan fingerprint density at radius 2 is 1.58 bits per heavy atom. The molecule has 0 aliphatic carbocycles. The van der Waals surface area contributed by atoms with Crippen LogP contribution >= 0.6 is 28.1 Å². The molecule has 1 aliphatic heterocycles. The van der Waals surface area contributed by atoms with Gasteiger partial charge in [-0.05, 0) is 40.3 Å². The van der Waals surface area contributed by atoms with Crippen LogP contribution in [0.1, 0.15) is 0 Å². The number of fused-ring (bicyclic) bond motifs is 1. The molecular weight excluding hydrogens is 416 g/mol. The van der Waals surface area contributed by atoms with E-state index in [9.17, 15) is 17.6 Å². The Labute approximate surface area is 146 Å². The molecule has 0 radical (unpaired) electrons. The normalized spacial score (nSPS) is 12.2. The van der Waals surface area contributed by atoms with Crippen LogP contribution in [0.4, 0.5) is 28.9 Å². The van der Waals surface area contributed by atoms with Crippen LogP contribution in [0, 0.1) is 23.3 Å². The minimum absolute atomic E-state index is 0.0787. The molecule has 2 aromatic rings. The lowest BCUT2D eigenvalue weighted by atomic mass is 10.2. The van der Waals surface area contributed by atoms with E-state index in [-0.39, 0.29) is 11.9 Å². The minimum atomic E-state index is -1.60. The highest BCUT2D eigenvalue weighted by Crippen LogP contribution is 2.35. The van der Waals surface area contributed by atoms with Gasteiger partial charge < -0.3 is 20.1 Å². The van der Waals surface area contributed by atoms with Gasteiger partial charge in [0.05, 0.1) is 4.47 Å². The van der Waals surface area contributed by atoms with Gasteiger partial charge in [-0.3, -0.25) is 0 Å². The van der Waals surface area contributed by atoms with E-state index in [1.54, 1.807) is 18.2 Å². The smallest absolute Gasteiger partial charge is 0.231 e. The molecule has 0 fully saturated rings. The third-order valence-electron chi connectivity index (χ3n) is 3.08. The first-order chi connectivity index (χ1) is 11.4. The SMILES string of the molecule is Fc1c(F)c(NC(=S)Nc2ccc3c(c2)OCO3)c(F)c(F)c1Br. The molecule has 0 amide bonds. The summed E-state index contributed by atoms with van der Waals surface area (Å²) in [5.74, 6) is -5.34. The van der Waals surface area contributed by atoms with Gasteiger partial charge in [0.2, 0.25) is 6.79 Å². The molecule has 0 unspecified atom stereocenters. The van der Waals surface area contributed by atoms with E-state index in [4.69, 9.17) is 21.7 Å². The molecule has 10 heteroatoms. The summed E-state index contributed by atoms with van der Waals surface area (Å²) in [6.45, 7) is 0.0787. The number of anilines is 2. The number of benzene rings is 2. The molecule has 2 aromatic carbocycles. The van der Waals surface area contributed by atoms with Crippen LogP contribution in [-0.4, -0.2) is 11.9 Å². The zero-order valence-corrected chi connectivity index (χ0v) is 14.0. The lowest BCUT2D eigenvalue weighted by molar-refractivity contribution is 0.174. The van der Waals surface area contributed by atoms with Crippen molar-refractivity contribution in [3.05, 3.63) is 45.9 Å². The molecule has 0 aromatic heterocycles. The van der Waals surface area contributed by atoms with Gasteiger partial charge in [0.15, 0.2) is 39.9 Å². The molecule has 4 nitrogen and oxygen atoms in total. The predicted octanol–water partition coefficient (Wildman–Crippen LogP) is 4.54.